The zero-order valence-corrected chi connectivity index (χ0v) is 27.6. The van der Waals surface area contributed by atoms with Gasteiger partial charge in [-0.15, -0.1) is 0 Å². The van der Waals surface area contributed by atoms with E-state index >= 15 is 0 Å². The van der Waals surface area contributed by atoms with Crippen molar-refractivity contribution in [3.8, 4) is 33.6 Å². The van der Waals surface area contributed by atoms with E-state index in [-0.39, 0.29) is 0 Å². The van der Waals surface area contributed by atoms with Gasteiger partial charge in [-0.2, -0.15) is 0 Å². The Hall–Kier alpha value is -6.84. The van der Waals surface area contributed by atoms with Gasteiger partial charge in [0.15, 0.2) is 0 Å². The van der Waals surface area contributed by atoms with Crippen LogP contribution in [0.3, 0.4) is 0 Å². The molecule has 0 aliphatic rings. The number of aromatic nitrogens is 2. The lowest BCUT2D eigenvalue weighted by molar-refractivity contribution is 0.673. The number of benzene rings is 8. The van der Waals surface area contributed by atoms with Crippen molar-refractivity contribution in [2.24, 2.45) is 0 Å². The first-order valence-corrected chi connectivity index (χ1v) is 17.4. The molecule has 0 atom stereocenters. The van der Waals surface area contributed by atoms with E-state index in [1.54, 1.807) is 0 Å². The molecule has 0 unspecified atom stereocenters. The van der Waals surface area contributed by atoms with E-state index in [9.17, 15) is 0 Å². The molecule has 3 heteroatoms. The summed E-state index contributed by atoms with van der Waals surface area (Å²) in [6.45, 7) is 0. The molecule has 3 heterocycles. The fraction of sp³-hybridized carbons (Fsp3) is 0. The van der Waals surface area contributed by atoms with Crippen molar-refractivity contribution in [3.05, 3.63) is 182 Å². The highest BCUT2D eigenvalue weighted by molar-refractivity contribution is 6.23. The van der Waals surface area contributed by atoms with E-state index in [0.717, 1.165) is 44.2 Å². The predicted molar refractivity (Wildman–Crippen MR) is 213 cm³/mol. The van der Waals surface area contributed by atoms with Crippen LogP contribution in [-0.4, -0.2) is 9.13 Å². The second-order valence-corrected chi connectivity index (χ2v) is 13.3. The molecular formula is C48H30N2O. The quantitative estimate of drug-likeness (QED) is 0.186. The number of hydrogen-bond acceptors (Lipinski definition) is 1. The number of rotatable bonds is 4. The zero-order valence-electron chi connectivity index (χ0n) is 27.6. The molecule has 0 spiro atoms. The Morgan fingerprint density at radius 3 is 1.25 bits per heavy atom. The molecule has 0 bridgehead atoms. The number of fused-ring (bicyclic) bond motifs is 10. The number of para-hydroxylation sites is 4. The molecule has 11 rings (SSSR count). The highest BCUT2D eigenvalue weighted by Crippen LogP contribution is 2.41. The summed E-state index contributed by atoms with van der Waals surface area (Å²) in [6.07, 6.45) is 0. The summed E-state index contributed by atoms with van der Waals surface area (Å²) in [4.78, 5) is 0. The van der Waals surface area contributed by atoms with Crippen LogP contribution in [0.4, 0.5) is 0 Å². The molecule has 0 fully saturated rings. The van der Waals surface area contributed by atoms with Crippen LogP contribution < -0.4 is 0 Å². The molecule has 0 radical (unpaired) electrons. The van der Waals surface area contributed by atoms with Gasteiger partial charge < -0.3 is 13.6 Å². The summed E-state index contributed by atoms with van der Waals surface area (Å²) < 4.78 is 11.2. The van der Waals surface area contributed by atoms with Crippen molar-refractivity contribution in [2.75, 3.05) is 0 Å². The SMILES string of the molecule is c1ccc2c(c1)oc1c2ccc2c1c1ccccc1n2-c1ccc(-c2ccc(-c3ccc(-n4c5ccccc5c5ccccc54)cc3)cc2)cc1. The van der Waals surface area contributed by atoms with Crippen LogP contribution in [0.2, 0.25) is 0 Å². The van der Waals surface area contributed by atoms with Crippen LogP contribution in [0.1, 0.15) is 0 Å². The van der Waals surface area contributed by atoms with E-state index in [2.05, 4.69) is 185 Å². The predicted octanol–water partition coefficient (Wildman–Crippen LogP) is 13.1. The Morgan fingerprint density at radius 2 is 0.706 bits per heavy atom. The first kappa shape index (κ1) is 28.0. The van der Waals surface area contributed by atoms with Crippen LogP contribution in [0.25, 0.3) is 99.2 Å². The van der Waals surface area contributed by atoms with Gasteiger partial charge in [-0.05, 0) is 82.9 Å². The summed E-state index contributed by atoms with van der Waals surface area (Å²) in [7, 11) is 0. The molecule has 0 saturated heterocycles. The molecular weight excluding hydrogens is 621 g/mol. The molecule has 0 saturated carbocycles. The van der Waals surface area contributed by atoms with Gasteiger partial charge in [-0.3, -0.25) is 0 Å². The summed E-state index contributed by atoms with van der Waals surface area (Å²) in [5, 5.41) is 7.21. The summed E-state index contributed by atoms with van der Waals surface area (Å²) in [5.41, 5.74) is 13.7. The minimum Gasteiger partial charge on any atom is -0.455 e. The molecule has 0 amide bonds. The summed E-state index contributed by atoms with van der Waals surface area (Å²) in [5.74, 6) is 0. The van der Waals surface area contributed by atoms with E-state index in [1.165, 1.54) is 55.0 Å². The molecule has 0 aliphatic heterocycles. The van der Waals surface area contributed by atoms with Gasteiger partial charge in [0.1, 0.15) is 11.2 Å². The molecule has 3 nitrogen and oxygen atoms in total. The van der Waals surface area contributed by atoms with Gasteiger partial charge in [-0.25, -0.2) is 0 Å². The highest BCUT2D eigenvalue weighted by atomic mass is 16.3. The zero-order chi connectivity index (χ0) is 33.5. The standard InChI is InChI=1S/C48H30N2O/c1-5-13-42-37(9-1)38-10-2-6-14-43(38)49(42)35-25-21-33(22-26-35)31-17-19-32(20-18-31)34-23-27-36(28-24-34)50-44-15-7-3-12-41(44)47-45(50)30-29-40-39-11-4-8-16-46(39)51-48(40)47/h1-30H. The maximum atomic E-state index is 6.48. The van der Waals surface area contributed by atoms with Crippen molar-refractivity contribution < 1.29 is 4.42 Å². The Morgan fingerprint density at radius 1 is 0.294 bits per heavy atom. The van der Waals surface area contributed by atoms with Gasteiger partial charge in [0.25, 0.3) is 0 Å². The number of hydrogen-bond donors (Lipinski definition) is 0. The monoisotopic (exact) mass is 650 g/mol. The lowest BCUT2D eigenvalue weighted by Crippen LogP contribution is -1.94. The molecule has 238 valence electrons. The largest absolute Gasteiger partial charge is 0.455 e. The van der Waals surface area contributed by atoms with E-state index in [0.29, 0.717) is 0 Å². The number of nitrogens with zero attached hydrogens (tertiary/aromatic N) is 2. The number of furan rings is 1. The van der Waals surface area contributed by atoms with Gasteiger partial charge >= 0.3 is 0 Å². The second kappa shape index (κ2) is 10.8. The summed E-state index contributed by atoms with van der Waals surface area (Å²) in [6, 6.07) is 65.4. The average molecular weight is 651 g/mol. The third kappa shape index (κ3) is 4.19. The minimum absolute atomic E-state index is 0.920. The Labute approximate surface area is 293 Å². The van der Waals surface area contributed by atoms with E-state index in [1.807, 2.05) is 6.07 Å². The second-order valence-electron chi connectivity index (χ2n) is 13.3. The van der Waals surface area contributed by atoms with Gasteiger partial charge in [0.05, 0.1) is 27.5 Å². The van der Waals surface area contributed by atoms with Gasteiger partial charge in [0, 0.05) is 38.3 Å². The van der Waals surface area contributed by atoms with Crippen molar-refractivity contribution in [1.82, 2.24) is 9.13 Å². The molecule has 0 N–H and O–H groups in total. The average Bonchev–Trinajstić information content (AvgIpc) is 3.86. The topological polar surface area (TPSA) is 23.0 Å². The third-order valence-electron chi connectivity index (χ3n) is 10.6. The minimum atomic E-state index is 0.920. The maximum Gasteiger partial charge on any atom is 0.145 e. The summed E-state index contributed by atoms with van der Waals surface area (Å²) >= 11 is 0. The van der Waals surface area contributed by atoms with Crippen LogP contribution >= 0.6 is 0 Å². The van der Waals surface area contributed by atoms with Crippen molar-refractivity contribution in [1.29, 1.82) is 0 Å². The van der Waals surface area contributed by atoms with Crippen molar-refractivity contribution in [2.45, 2.75) is 0 Å². The molecule has 8 aromatic carbocycles. The van der Waals surface area contributed by atoms with Gasteiger partial charge in [0.2, 0.25) is 0 Å². The normalized spacial score (nSPS) is 11.9. The van der Waals surface area contributed by atoms with Crippen molar-refractivity contribution in [3.63, 3.8) is 0 Å². The maximum absolute atomic E-state index is 6.48. The van der Waals surface area contributed by atoms with Crippen LogP contribution in [0, 0.1) is 0 Å². The first-order chi connectivity index (χ1) is 25.3. The lowest BCUT2D eigenvalue weighted by atomic mass is 10.00. The van der Waals surface area contributed by atoms with Crippen LogP contribution in [-0.2, 0) is 0 Å². The van der Waals surface area contributed by atoms with Crippen LogP contribution in [0.5, 0.6) is 0 Å². The van der Waals surface area contributed by atoms with Gasteiger partial charge in [-0.1, -0.05) is 121 Å². The Bertz CT molecular complexity index is 3050. The molecule has 51 heavy (non-hydrogen) atoms. The molecule has 11 aromatic rings. The molecule has 0 aliphatic carbocycles. The highest BCUT2D eigenvalue weighted by Gasteiger charge is 2.18. The van der Waals surface area contributed by atoms with Crippen LogP contribution in [0.15, 0.2) is 186 Å². The van der Waals surface area contributed by atoms with E-state index in [4.69, 9.17) is 4.42 Å². The smallest absolute Gasteiger partial charge is 0.145 e. The first-order valence-electron chi connectivity index (χ1n) is 17.4. The lowest BCUT2D eigenvalue weighted by Gasteiger charge is -2.11. The Balaban J connectivity index is 0.924. The van der Waals surface area contributed by atoms with E-state index < -0.39 is 0 Å². The fourth-order valence-electron chi connectivity index (χ4n) is 8.17. The van der Waals surface area contributed by atoms with Crippen molar-refractivity contribution >= 4 is 65.6 Å². The Kier molecular flexibility index (Phi) is 5.96. The third-order valence-corrected chi connectivity index (χ3v) is 10.6. The molecule has 3 aromatic heterocycles. The fourth-order valence-corrected chi connectivity index (χ4v) is 8.17.